The maximum atomic E-state index is 13.6. The van der Waals surface area contributed by atoms with Crippen LogP contribution in [-0.4, -0.2) is 53.8 Å². The standard InChI is InChI=1S/C19H26FN3O2/c1-13(2)22-9-6-14(7-10-22)19(25)23-11-8-21-18(24)17(23)15-4-3-5-16(20)12-15/h3-5,12-14,17H,6-11H2,1-2H3,(H,21,24)/t17-/m0/s1. The molecule has 6 heteroatoms. The first-order valence-corrected chi connectivity index (χ1v) is 9.05. The molecule has 0 bridgehead atoms. The van der Waals surface area contributed by atoms with Gasteiger partial charge < -0.3 is 15.1 Å². The molecule has 5 nitrogen and oxygen atoms in total. The molecule has 2 aliphatic heterocycles. The van der Waals surface area contributed by atoms with Crippen LogP contribution in [0.2, 0.25) is 0 Å². The van der Waals surface area contributed by atoms with Gasteiger partial charge in [0.05, 0.1) is 0 Å². The summed E-state index contributed by atoms with van der Waals surface area (Å²) in [6.45, 7) is 7.04. The Hall–Kier alpha value is -1.95. The molecule has 0 spiro atoms. The second-order valence-corrected chi connectivity index (χ2v) is 7.18. The maximum absolute atomic E-state index is 13.6. The van der Waals surface area contributed by atoms with Crippen molar-refractivity contribution in [3.8, 4) is 0 Å². The fraction of sp³-hybridized carbons (Fsp3) is 0.579. The van der Waals surface area contributed by atoms with Gasteiger partial charge in [0.15, 0.2) is 0 Å². The number of likely N-dealkylation sites (tertiary alicyclic amines) is 1. The van der Waals surface area contributed by atoms with Gasteiger partial charge in [0.25, 0.3) is 0 Å². The monoisotopic (exact) mass is 347 g/mol. The lowest BCUT2D eigenvalue weighted by Crippen LogP contribution is -2.54. The molecule has 1 N–H and O–H groups in total. The highest BCUT2D eigenvalue weighted by Crippen LogP contribution is 2.29. The Kier molecular flexibility index (Phi) is 5.37. The number of nitrogens with one attached hydrogen (secondary N) is 1. The molecule has 0 unspecified atom stereocenters. The van der Waals surface area contributed by atoms with E-state index >= 15 is 0 Å². The van der Waals surface area contributed by atoms with E-state index in [1.54, 1.807) is 17.0 Å². The van der Waals surface area contributed by atoms with Crippen LogP contribution in [0, 0.1) is 11.7 Å². The molecule has 1 aromatic carbocycles. The molecular weight excluding hydrogens is 321 g/mol. The number of piperidine rings is 1. The van der Waals surface area contributed by atoms with Crippen LogP contribution in [0.4, 0.5) is 4.39 Å². The largest absolute Gasteiger partial charge is 0.352 e. The van der Waals surface area contributed by atoms with E-state index < -0.39 is 11.9 Å². The van der Waals surface area contributed by atoms with Gasteiger partial charge in [0, 0.05) is 25.0 Å². The van der Waals surface area contributed by atoms with Gasteiger partial charge >= 0.3 is 0 Å². The van der Waals surface area contributed by atoms with Crippen LogP contribution >= 0.6 is 0 Å². The predicted octanol–water partition coefficient (Wildman–Crippen LogP) is 1.95. The average molecular weight is 347 g/mol. The van der Waals surface area contributed by atoms with E-state index in [0.29, 0.717) is 24.7 Å². The van der Waals surface area contributed by atoms with Crippen molar-refractivity contribution in [3.63, 3.8) is 0 Å². The second-order valence-electron chi connectivity index (χ2n) is 7.18. The van der Waals surface area contributed by atoms with E-state index in [1.807, 2.05) is 0 Å². The Bertz CT molecular complexity index is 641. The summed E-state index contributed by atoms with van der Waals surface area (Å²) in [5.74, 6) is -0.664. The Morgan fingerprint density at radius 3 is 2.60 bits per heavy atom. The number of hydrogen-bond acceptors (Lipinski definition) is 3. The first-order valence-electron chi connectivity index (χ1n) is 9.05. The number of hydrogen-bond donors (Lipinski definition) is 1. The second kappa shape index (κ2) is 7.52. The number of carbonyl (C=O) groups is 2. The van der Waals surface area contributed by atoms with Gasteiger partial charge in [0.2, 0.25) is 11.8 Å². The van der Waals surface area contributed by atoms with Crippen LogP contribution < -0.4 is 5.32 Å². The van der Waals surface area contributed by atoms with E-state index in [0.717, 1.165) is 25.9 Å². The number of carbonyl (C=O) groups excluding carboxylic acids is 2. The molecule has 2 saturated heterocycles. The van der Waals surface area contributed by atoms with Crippen molar-refractivity contribution in [2.45, 2.75) is 38.8 Å². The zero-order valence-corrected chi connectivity index (χ0v) is 14.9. The summed E-state index contributed by atoms with van der Waals surface area (Å²) in [6, 6.07) is 5.73. The number of rotatable bonds is 3. The van der Waals surface area contributed by atoms with E-state index in [-0.39, 0.29) is 17.7 Å². The molecule has 2 aliphatic rings. The number of halogens is 1. The molecule has 0 radical (unpaired) electrons. The maximum Gasteiger partial charge on any atom is 0.247 e. The lowest BCUT2D eigenvalue weighted by atomic mass is 9.92. The Balaban J connectivity index is 1.76. The van der Waals surface area contributed by atoms with Crippen molar-refractivity contribution >= 4 is 11.8 Å². The minimum absolute atomic E-state index is 0.0208. The van der Waals surface area contributed by atoms with Crippen molar-refractivity contribution in [2.75, 3.05) is 26.2 Å². The molecule has 2 amide bonds. The quantitative estimate of drug-likeness (QED) is 0.909. The van der Waals surface area contributed by atoms with Crippen molar-refractivity contribution in [1.82, 2.24) is 15.1 Å². The fourth-order valence-corrected chi connectivity index (χ4v) is 3.81. The minimum atomic E-state index is -0.736. The number of amides is 2. The first-order chi connectivity index (χ1) is 12.0. The van der Waals surface area contributed by atoms with Crippen molar-refractivity contribution in [2.24, 2.45) is 5.92 Å². The smallest absolute Gasteiger partial charge is 0.247 e. The van der Waals surface area contributed by atoms with Gasteiger partial charge in [-0.1, -0.05) is 12.1 Å². The molecule has 0 saturated carbocycles. The van der Waals surface area contributed by atoms with Gasteiger partial charge in [0.1, 0.15) is 11.9 Å². The van der Waals surface area contributed by atoms with Crippen LogP contribution in [0.5, 0.6) is 0 Å². The summed E-state index contributed by atoms with van der Waals surface area (Å²) >= 11 is 0. The van der Waals surface area contributed by atoms with Gasteiger partial charge in [-0.3, -0.25) is 9.59 Å². The van der Waals surface area contributed by atoms with Gasteiger partial charge in [-0.2, -0.15) is 0 Å². The Morgan fingerprint density at radius 1 is 1.24 bits per heavy atom. The van der Waals surface area contributed by atoms with Crippen molar-refractivity contribution in [1.29, 1.82) is 0 Å². The summed E-state index contributed by atoms with van der Waals surface area (Å²) in [5, 5.41) is 2.80. The normalized spacial score (nSPS) is 23.0. The van der Waals surface area contributed by atoms with Crippen LogP contribution in [0.1, 0.15) is 38.3 Å². The summed E-state index contributed by atoms with van der Waals surface area (Å²) in [5.41, 5.74) is 0.533. The summed E-state index contributed by atoms with van der Waals surface area (Å²) < 4.78 is 13.6. The third kappa shape index (κ3) is 3.84. The zero-order valence-electron chi connectivity index (χ0n) is 14.9. The highest BCUT2D eigenvalue weighted by Gasteiger charge is 2.38. The van der Waals surface area contributed by atoms with E-state index in [1.165, 1.54) is 12.1 Å². The molecule has 2 fully saturated rings. The first kappa shape index (κ1) is 17.9. The minimum Gasteiger partial charge on any atom is -0.352 e. The molecule has 1 aromatic rings. The third-order valence-electron chi connectivity index (χ3n) is 5.27. The van der Waals surface area contributed by atoms with Gasteiger partial charge in [-0.25, -0.2) is 4.39 Å². The lowest BCUT2D eigenvalue weighted by molar-refractivity contribution is -0.147. The molecule has 0 aromatic heterocycles. The zero-order chi connectivity index (χ0) is 18.0. The molecule has 136 valence electrons. The predicted molar refractivity (Wildman–Crippen MR) is 93.3 cm³/mol. The van der Waals surface area contributed by atoms with E-state index in [2.05, 4.69) is 24.1 Å². The Labute approximate surface area is 148 Å². The summed E-state index contributed by atoms with van der Waals surface area (Å²) in [4.78, 5) is 29.5. The van der Waals surface area contributed by atoms with E-state index in [4.69, 9.17) is 0 Å². The van der Waals surface area contributed by atoms with Crippen molar-refractivity contribution < 1.29 is 14.0 Å². The highest BCUT2D eigenvalue weighted by molar-refractivity contribution is 5.90. The number of benzene rings is 1. The van der Waals surface area contributed by atoms with Crippen LogP contribution in [0.15, 0.2) is 24.3 Å². The van der Waals surface area contributed by atoms with Crippen LogP contribution in [-0.2, 0) is 9.59 Å². The third-order valence-corrected chi connectivity index (χ3v) is 5.27. The number of piperazine rings is 1. The number of nitrogens with zero attached hydrogens (tertiary/aromatic N) is 2. The fourth-order valence-electron chi connectivity index (χ4n) is 3.81. The average Bonchev–Trinajstić information content (AvgIpc) is 2.61. The molecule has 1 atom stereocenters. The Morgan fingerprint density at radius 2 is 1.96 bits per heavy atom. The molecule has 2 heterocycles. The summed E-state index contributed by atoms with van der Waals surface area (Å²) in [6.07, 6.45) is 1.62. The molecular formula is C19H26FN3O2. The van der Waals surface area contributed by atoms with Crippen LogP contribution in [0.3, 0.4) is 0 Å². The molecule has 0 aliphatic carbocycles. The van der Waals surface area contributed by atoms with Crippen molar-refractivity contribution in [3.05, 3.63) is 35.6 Å². The topological polar surface area (TPSA) is 52.7 Å². The van der Waals surface area contributed by atoms with Gasteiger partial charge in [-0.15, -0.1) is 0 Å². The highest BCUT2D eigenvalue weighted by atomic mass is 19.1. The lowest BCUT2D eigenvalue weighted by Gasteiger charge is -2.40. The molecule has 3 rings (SSSR count). The molecule has 25 heavy (non-hydrogen) atoms. The SMILES string of the molecule is CC(C)N1CCC(C(=O)N2CCNC(=O)[C@@H]2c2cccc(F)c2)CC1. The summed E-state index contributed by atoms with van der Waals surface area (Å²) in [7, 11) is 0. The van der Waals surface area contributed by atoms with Gasteiger partial charge in [-0.05, 0) is 57.5 Å². The van der Waals surface area contributed by atoms with Crippen LogP contribution in [0.25, 0.3) is 0 Å². The van der Waals surface area contributed by atoms with E-state index in [9.17, 15) is 14.0 Å².